The number of nitro groups is 1. The maximum Gasteiger partial charge on any atom is 0.272 e. The molecule has 0 saturated carbocycles. The third-order valence-electron chi connectivity index (χ3n) is 2.27. The van der Waals surface area contributed by atoms with Crippen molar-refractivity contribution in [2.45, 2.75) is 20.8 Å². The maximum atomic E-state index is 10.9. The lowest BCUT2D eigenvalue weighted by molar-refractivity contribution is -0.385. The Kier molecular flexibility index (Phi) is 3.04. The zero-order valence-corrected chi connectivity index (χ0v) is 8.83. The standard InChI is InChI=1S/C10H12N2O3/c1-6-7(2)10(12(14)15)5-4-9(6)11-8(3)13/h4-5H,1-3H3,(H,11,13). The van der Waals surface area contributed by atoms with Crippen LogP contribution >= 0.6 is 0 Å². The first kappa shape index (κ1) is 11.2. The summed E-state index contributed by atoms with van der Waals surface area (Å²) in [7, 11) is 0. The molecule has 0 saturated heterocycles. The Morgan fingerprint density at radius 2 is 1.93 bits per heavy atom. The molecule has 0 aliphatic heterocycles. The van der Waals surface area contributed by atoms with Gasteiger partial charge in [0, 0.05) is 24.2 Å². The number of rotatable bonds is 2. The molecule has 0 aliphatic carbocycles. The monoisotopic (exact) mass is 208 g/mol. The fraction of sp³-hybridized carbons (Fsp3) is 0.300. The Morgan fingerprint density at radius 1 is 1.33 bits per heavy atom. The summed E-state index contributed by atoms with van der Waals surface area (Å²) in [5, 5.41) is 13.2. The fourth-order valence-electron chi connectivity index (χ4n) is 1.33. The van der Waals surface area contributed by atoms with Crippen molar-refractivity contribution in [3.8, 4) is 0 Å². The minimum Gasteiger partial charge on any atom is -0.326 e. The lowest BCUT2D eigenvalue weighted by atomic mass is 10.1. The van der Waals surface area contributed by atoms with Crippen LogP contribution in [0.15, 0.2) is 12.1 Å². The fourth-order valence-corrected chi connectivity index (χ4v) is 1.33. The molecule has 1 aromatic rings. The van der Waals surface area contributed by atoms with E-state index in [9.17, 15) is 14.9 Å². The van der Waals surface area contributed by atoms with Crippen LogP contribution in [0, 0.1) is 24.0 Å². The Labute approximate surface area is 87.3 Å². The van der Waals surface area contributed by atoms with E-state index in [2.05, 4.69) is 5.32 Å². The molecule has 0 fully saturated rings. The SMILES string of the molecule is CC(=O)Nc1ccc([N+](=O)[O-])c(C)c1C. The summed E-state index contributed by atoms with van der Waals surface area (Å²) in [6, 6.07) is 2.94. The highest BCUT2D eigenvalue weighted by Crippen LogP contribution is 2.26. The van der Waals surface area contributed by atoms with E-state index < -0.39 is 4.92 Å². The number of carbonyl (C=O) groups is 1. The molecule has 0 radical (unpaired) electrons. The highest BCUT2D eigenvalue weighted by Gasteiger charge is 2.14. The van der Waals surface area contributed by atoms with E-state index in [0.29, 0.717) is 11.3 Å². The van der Waals surface area contributed by atoms with Crippen LogP contribution in [0.25, 0.3) is 0 Å². The van der Waals surface area contributed by atoms with Gasteiger partial charge in [-0.1, -0.05) is 0 Å². The summed E-state index contributed by atoms with van der Waals surface area (Å²) in [6.45, 7) is 4.81. The van der Waals surface area contributed by atoms with Gasteiger partial charge < -0.3 is 5.32 Å². The average molecular weight is 208 g/mol. The predicted molar refractivity (Wildman–Crippen MR) is 56.9 cm³/mol. The molecule has 0 aliphatic rings. The van der Waals surface area contributed by atoms with Crippen molar-refractivity contribution in [3.05, 3.63) is 33.4 Å². The third-order valence-corrected chi connectivity index (χ3v) is 2.27. The van der Waals surface area contributed by atoms with Gasteiger partial charge >= 0.3 is 0 Å². The number of carbonyl (C=O) groups excluding carboxylic acids is 1. The van der Waals surface area contributed by atoms with Crippen LogP contribution in [-0.4, -0.2) is 10.8 Å². The minimum atomic E-state index is -0.431. The largest absolute Gasteiger partial charge is 0.326 e. The molecule has 0 atom stereocenters. The van der Waals surface area contributed by atoms with Gasteiger partial charge in [0.1, 0.15) is 0 Å². The first-order chi connectivity index (χ1) is 6.93. The second kappa shape index (κ2) is 4.08. The molecule has 0 heterocycles. The zero-order valence-electron chi connectivity index (χ0n) is 8.83. The summed E-state index contributed by atoms with van der Waals surface area (Å²) in [5.74, 6) is -0.189. The van der Waals surface area contributed by atoms with Crippen LogP contribution in [-0.2, 0) is 4.79 Å². The second-order valence-electron chi connectivity index (χ2n) is 3.32. The smallest absolute Gasteiger partial charge is 0.272 e. The first-order valence-electron chi connectivity index (χ1n) is 4.45. The highest BCUT2D eigenvalue weighted by molar-refractivity contribution is 5.90. The molecule has 0 unspecified atom stereocenters. The van der Waals surface area contributed by atoms with E-state index >= 15 is 0 Å². The van der Waals surface area contributed by atoms with Gasteiger partial charge in [0.15, 0.2) is 0 Å². The molecule has 0 spiro atoms. The summed E-state index contributed by atoms with van der Waals surface area (Å²) < 4.78 is 0. The van der Waals surface area contributed by atoms with Crippen LogP contribution in [0.3, 0.4) is 0 Å². The number of nitro benzene ring substituents is 1. The molecule has 1 rings (SSSR count). The van der Waals surface area contributed by atoms with Crippen LogP contribution in [0.2, 0.25) is 0 Å². The quantitative estimate of drug-likeness (QED) is 0.598. The van der Waals surface area contributed by atoms with Crippen molar-refractivity contribution in [3.63, 3.8) is 0 Å². The summed E-state index contributed by atoms with van der Waals surface area (Å²) in [5.41, 5.74) is 1.98. The topological polar surface area (TPSA) is 72.2 Å². The molecule has 1 N–H and O–H groups in total. The molecule has 0 bridgehead atoms. The Bertz CT molecular complexity index is 427. The number of anilines is 1. The number of hydrogen-bond acceptors (Lipinski definition) is 3. The number of hydrogen-bond donors (Lipinski definition) is 1. The van der Waals surface area contributed by atoms with Gasteiger partial charge in [-0.3, -0.25) is 14.9 Å². The second-order valence-corrected chi connectivity index (χ2v) is 3.32. The van der Waals surface area contributed by atoms with E-state index in [-0.39, 0.29) is 11.6 Å². The predicted octanol–water partition coefficient (Wildman–Crippen LogP) is 2.17. The molecule has 1 amide bonds. The highest BCUT2D eigenvalue weighted by atomic mass is 16.6. The minimum absolute atomic E-state index is 0.0709. The van der Waals surface area contributed by atoms with Gasteiger partial charge in [0.25, 0.3) is 5.69 Å². The van der Waals surface area contributed by atoms with Gasteiger partial charge in [0.05, 0.1) is 4.92 Å². The zero-order chi connectivity index (χ0) is 11.6. The summed E-state index contributed by atoms with van der Waals surface area (Å²) in [6.07, 6.45) is 0. The molecular formula is C10H12N2O3. The van der Waals surface area contributed by atoms with Crippen molar-refractivity contribution in [2.24, 2.45) is 0 Å². The van der Waals surface area contributed by atoms with Crippen LogP contribution in [0.4, 0.5) is 11.4 Å². The van der Waals surface area contributed by atoms with Crippen molar-refractivity contribution in [2.75, 3.05) is 5.32 Å². The summed E-state index contributed by atoms with van der Waals surface area (Å²) in [4.78, 5) is 21.0. The van der Waals surface area contributed by atoms with Gasteiger partial charge in [0.2, 0.25) is 5.91 Å². The molecule has 5 nitrogen and oxygen atoms in total. The lowest BCUT2D eigenvalue weighted by Gasteiger charge is -2.08. The molecule has 5 heteroatoms. The van der Waals surface area contributed by atoms with Crippen LogP contribution in [0.1, 0.15) is 18.1 Å². The number of nitrogens with zero attached hydrogens (tertiary/aromatic N) is 1. The number of amides is 1. The Hall–Kier alpha value is -1.91. The van der Waals surface area contributed by atoms with Crippen molar-refractivity contribution in [1.29, 1.82) is 0 Å². The van der Waals surface area contributed by atoms with Gasteiger partial charge in [-0.05, 0) is 25.5 Å². The van der Waals surface area contributed by atoms with E-state index in [4.69, 9.17) is 0 Å². The van der Waals surface area contributed by atoms with Gasteiger partial charge in [-0.2, -0.15) is 0 Å². The molecule has 1 aromatic carbocycles. The molecule has 80 valence electrons. The molecule has 0 aromatic heterocycles. The van der Waals surface area contributed by atoms with Gasteiger partial charge in [-0.15, -0.1) is 0 Å². The average Bonchev–Trinajstić information content (AvgIpc) is 2.12. The Morgan fingerprint density at radius 3 is 2.40 bits per heavy atom. The van der Waals surface area contributed by atoms with Crippen LogP contribution < -0.4 is 5.32 Å². The van der Waals surface area contributed by atoms with Crippen LogP contribution in [0.5, 0.6) is 0 Å². The lowest BCUT2D eigenvalue weighted by Crippen LogP contribution is -2.08. The van der Waals surface area contributed by atoms with Crippen molar-refractivity contribution >= 4 is 17.3 Å². The maximum absolute atomic E-state index is 10.9. The van der Waals surface area contributed by atoms with E-state index in [1.54, 1.807) is 19.9 Å². The summed E-state index contributed by atoms with van der Waals surface area (Å²) >= 11 is 0. The number of benzene rings is 1. The van der Waals surface area contributed by atoms with E-state index in [0.717, 1.165) is 5.56 Å². The Balaban J connectivity index is 3.21. The molecular weight excluding hydrogens is 196 g/mol. The van der Waals surface area contributed by atoms with E-state index in [1.807, 2.05) is 0 Å². The van der Waals surface area contributed by atoms with Gasteiger partial charge in [-0.25, -0.2) is 0 Å². The van der Waals surface area contributed by atoms with Crippen molar-refractivity contribution < 1.29 is 9.72 Å². The first-order valence-corrected chi connectivity index (χ1v) is 4.45. The van der Waals surface area contributed by atoms with Crippen molar-refractivity contribution in [1.82, 2.24) is 0 Å². The number of nitrogens with one attached hydrogen (secondary N) is 1. The molecule has 15 heavy (non-hydrogen) atoms. The van der Waals surface area contributed by atoms with E-state index in [1.165, 1.54) is 13.0 Å². The third kappa shape index (κ3) is 2.31. The normalized spacial score (nSPS) is 9.80.